The fourth-order valence-corrected chi connectivity index (χ4v) is 0. The molecule has 0 aliphatic rings. The molecule has 0 saturated carbocycles. The van der Waals surface area contributed by atoms with Crippen molar-refractivity contribution in [3.05, 3.63) is 0 Å². The van der Waals surface area contributed by atoms with Crippen LogP contribution in [0.2, 0.25) is 0 Å². The van der Waals surface area contributed by atoms with Crippen LogP contribution in [0.3, 0.4) is 0 Å². The van der Waals surface area contributed by atoms with Gasteiger partial charge in [-0.3, -0.25) is 4.46 Å². The molecule has 0 aromatic rings. The van der Waals surface area contributed by atoms with Crippen molar-refractivity contribution >= 4 is 182 Å². The monoisotopic (exact) mass is 342 g/mol. The Balaban J connectivity index is -0.0000000146. The molecule has 5 N–H and O–H groups in total. The van der Waals surface area contributed by atoms with Crippen molar-refractivity contribution in [3.8, 4) is 0 Å². The second-order valence-electron chi connectivity index (χ2n) is 0.796. The van der Waals surface area contributed by atoms with Crippen LogP contribution >= 0.6 is 7.82 Å². The minimum absolute atomic E-state index is 0. The summed E-state index contributed by atoms with van der Waals surface area (Å²) in [6, 6.07) is 0. The van der Waals surface area contributed by atoms with Crippen molar-refractivity contribution in [3.63, 3.8) is 0 Å². The molecule has 13 heavy (non-hydrogen) atoms. The molecule has 0 spiro atoms. The van der Waals surface area contributed by atoms with E-state index in [1.54, 1.807) is 0 Å². The molecule has 0 unspecified atom stereocenters. The van der Waals surface area contributed by atoms with E-state index >= 15 is 0 Å². The molecule has 0 radical (unpaired) electrons. The van der Waals surface area contributed by atoms with Gasteiger partial charge in [-0.05, 0) is 0 Å². The zero-order chi connectivity index (χ0) is 8.08. The van der Waals surface area contributed by atoms with Crippen LogP contribution in [0.15, 0.2) is 0 Å². The number of hydrogen-bond acceptors (Lipinski definition) is 2. The predicted molar refractivity (Wildman–Crippen MR) is 57.9 cm³/mol. The Kier molecular flexibility index (Phi) is 62.1. The first-order valence-electron chi connectivity index (χ1n) is 1.43. The summed E-state index contributed by atoms with van der Waals surface area (Å²) in [5, 5.41) is 0. The van der Waals surface area contributed by atoms with Crippen LogP contribution in [0.25, 0.3) is 0 Å². The van der Waals surface area contributed by atoms with Gasteiger partial charge in [0.25, 0.3) is 0 Å². The van der Waals surface area contributed by atoms with E-state index in [0.717, 1.165) is 0 Å². The Labute approximate surface area is 209 Å². The summed E-state index contributed by atoms with van der Waals surface area (Å²) in [5.41, 5.74) is 0. The average Bonchev–Trinajstić information content (AvgIpc) is 1.19. The molecule has 0 saturated heterocycles. The van der Waals surface area contributed by atoms with Gasteiger partial charge in [0, 0.05) is 0 Å². The first-order valence-corrected chi connectivity index (χ1v) is 4.30. The van der Waals surface area contributed by atoms with E-state index in [1.807, 2.05) is 0 Å². The zero-order valence-electron chi connectivity index (χ0n) is 4.00. The van der Waals surface area contributed by atoms with Crippen molar-refractivity contribution in [2.24, 2.45) is 0 Å². The van der Waals surface area contributed by atoms with Gasteiger partial charge in [-0.25, -0.2) is 4.57 Å². The van der Waals surface area contributed by atoms with Crippen LogP contribution in [-0.2, 0) is 9.03 Å². The molecule has 70 valence electrons. The van der Waals surface area contributed by atoms with E-state index in [1.165, 1.54) is 0 Å². The topological polar surface area (TPSA) is 135 Å². The van der Waals surface area contributed by atoms with E-state index in [0.29, 0.717) is 0 Å². The van der Waals surface area contributed by atoms with Gasteiger partial charge in [0.1, 0.15) is 0 Å². The van der Waals surface area contributed by atoms with Crippen LogP contribution < -0.4 is 0 Å². The number of rotatable bonds is 0. The molecule has 0 amide bonds. The summed E-state index contributed by atoms with van der Waals surface area (Å²) < 4.78 is 17.6. The minimum atomic E-state index is -4.64. The molecule has 7 nitrogen and oxygen atoms in total. The molecule has 0 atom stereocenters. The van der Waals surface area contributed by atoms with E-state index in [2.05, 4.69) is 0 Å². The zero-order valence-corrected chi connectivity index (χ0v) is 5.89. The Morgan fingerprint density at radius 1 is 0.923 bits per heavy atom. The maximum absolute atomic E-state index is 8.88. The Bertz CT molecular complexity index is 123. The standard InChI is InChI=1S/3Ca.K.H3O4P.H2O3Si.7H/c;;;;1-5(2,3)4;1-4(2)3;;;;;;;/h;;;;(H3,1,2,3,4);1-2H;;;;;;;. The second kappa shape index (κ2) is 22.3. The molecule has 0 aliphatic carbocycles. The van der Waals surface area contributed by atoms with E-state index in [-0.39, 0.29) is 165 Å². The molecular weight excluding hydrogens is 330 g/mol. The van der Waals surface area contributed by atoms with Crippen molar-refractivity contribution < 1.29 is 33.3 Å². The maximum atomic E-state index is 8.88. The van der Waals surface area contributed by atoms with Crippen molar-refractivity contribution in [1.29, 1.82) is 0 Å². The molecule has 0 fully saturated rings. The molecule has 13 heteroatoms. The number of phosphoric acid groups is 1. The third-order valence-corrected chi connectivity index (χ3v) is 0. The van der Waals surface area contributed by atoms with Crippen molar-refractivity contribution in [2.45, 2.75) is 0 Å². The third-order valence-electron chi connectivity index (χ3n) is 0. The van der Waals surface area contributed by atoms with Gasteiger partial charge < -0.3 is 24.3 Å². The molecule has 0 bridgehead atoms. The quantitative estimate of drug-likeness (QED) is 0.218. The van der Waals surface area contributed by atoms with Gasteiger partial charge in [0.15, 0.2) is 0 Å². The fourth-order valence-electron chi connectivity index (χ4n) is 0. The normalized spacial score (nSPS) is 6.38. The first kappa shape index (κ1) is 36.2. The third kappa shape index (κ3) is 149. The summed E-state index contributed by atoms with van der Waals surface area (Å²) in [6.45, 7) is 0. The molecule has 0 aliphatic heterocycles. The Hall–Kier alpha value is 5.14. The Morgan fingerprint density at radius 2 is 0.923 bits per heavy atom. The fraction of sp³-hybridized carbons (Fsp3) is 0. The SMILES string of the molecule is O=P(O)(O)O.O=[Si](O)O.[CaH2].[CaH2].[CaH2].[KH]. The van der Waals surface area contributed by atoms with Gasteiger partial charge in [0.05, 0.1) is 0 Å². The van der Waals surface area contributed by atoms with Crippen LogP contribution in [0.5, 0.6) is 0 Å². The summed E-state index contributed by atoms with van der Waals surface area (Å²) in [5.74, 6) is 0. The van der Waals surface area contributed by atoms with Crippen molar-refractivity contribution in [1.82, 2.24) is 0 Å². The van der Waals surface area contributed by atoms with Crippen LogP contribution in [0.1, 0.15) is 0 Å². The number of hydrogen-bond donors (Lipinski definition) is 5. The van der Waals surface area contributed by atoms with E-state index in [9.17, 15) is 0 Å². The molecular formula is H12Ca3KO7PSi. The summed E-state index contributed by atoms with van der Waals surface area (Å²) in [6.07, 6.45) is 0. The van der Waals surface area contributed by atoms with E-state index in [4.69, 9.17) is 33.3 Å². The van der Waals surface area contributed by atoms with Gasteiger partial charge in [-0.2, -0.15) is 0 Å². The summed E-state index contributed by atoms with van der Waals surface area (Å²) >= 11 is 0. The van der Waals surface area contributed by atoms with Crippen LogP contribution in [0.4, 0.5) is 0 Å². The van der Waals surface area contributed by atoms with Crippen LogP contribution in [-0.4, -0.2) is 198 Å². The van der Waals surface area contributed by atoms with Crippen LogP contribution in [0, 0.1) is 0 Å². The summed E-state index contributed by atoms with van der Waals surface area (Å²) in [4.78, 5) is 35.9. The molecule has 0 heterocycles. The van der Waals surface area contributed by atoms with Gasteiger partial charge in [-0.15, -0.1) is 0 Å². The second-order valence-corrected chi connectivity index (χ2v) is 2.39. The average molecular weight is 342 g/mol. The predicted octanol–water partition coefficient (Wildman–Crippen LogP) is -5.94. The first-order chi connectivity index (χ1) is 3.73. The molecule has 0 rings (SSSR count). The van der Waals surface area contributed by atoms with Gasteiger partial charge in [0.2, 0.25) is 0 Å². The Morgan fingerprint density at radius 3 is 0.923 bits per heavy atom. The van der Waals surface area contributed by atoms with E-state index < -0.39 is 17.0 Å². The summed E-state index contributed by atoms with van der Waals surface area (Å²) in [7, 11) is -7.77. The van der Waals surface area contributed by atoms with Crippen molar-refractivity contribution in [2.75, 3.05) is 0 Å². The molecule has 0 aromatic carbocycles. The van der Waals surface area contributed by atoms with Gasteiger partial charge in [-0.1, -0.05) is 0 Å². The van der Waals surface area contributed by atoms with Gasteiger partial charge >= 0.3 is 182 Å². The molecule has 0 aromatic heterocycles.